The number of carbonyl (C=O) groups excluding carboxylic acids is 2. The largest absolute Gasteiger partial charge is 0.481 e. The third-order valence-corrected chi connectivity index (χ3v) is 39.4. The maximum Gasteiger partial charge on any atom is 0.319 e. The number of rotatable bonds is 9. The Balaban J connectivity index is 0.0000000853. The summed E-state index contributed by atoms with van der Waals surface area (Å²) < 4.78 is 4.87. The van der Waals surface area contributed by atoms with Gasteiger partial charge in [-0.2, -0.15) is 0 Å². The number of aliphatic hydroxyl groups excluding tert-OH is 1. The highest BCUT2D eigenvalue weighted by atomic mass is 35.5. The van der Waals surface area contributed by atoms with E-state index >= 15 is 0 Å². The first-order chi connectivity index (χ1) is 42.8. The van der Waals surface area contributed by atoms with E-state index in [2.05, 4.69) is 83.1 Å². The SMILES string of the molecule is CC1(C)C2C3C(Cl)C4(Cl)C1C2C34[N+](=O)[O-].CC1(C)C2C3CC4(C(=O)Cl)C1C2C34[N+](=O)[O-].CC1(C)C2C3CC4(C(=O)O)C1C2C34[N+](=O)[O-].CC1(C)C2C3CC4(Cl)C1C2C34[N+](=O)[O-].CC1(C)C2C3CC4C3C2([N+](=O)[O-])C41.CO.COC(=O)C12CC3C4C(C1C4(C)C)C32[N+](=O)[O-].O. The molecular weight excluding hydrogens is 1310 g/mol. The van der Waals surface area contributed by atoms with E-state index in [9.17, 15) is 80.2 Å². The van der Waals surface area contributed by atoms with Crippen LogP contribution in [-0.4, -0.2) is 125 Å². The summed E-state index contributed by atoms with van der Waals surface area (Å²) in [7, 11) is 2.34. The van der Waals surface area contributed by atoms with E-state index in [1.165, 1.54) is 13.5 Å². The molecule has 24 aliphatic rings. The van der Waals surface area contributed by atoms with Gasteiger partial charge in [-0.15, -0.1) is 34.8 Å². The van der Waals surface area contributed by atoms with E-state index < -0.39 is 70.4 Å². The Morgan fingerprint density at radius 1 is 0.426 bits per heavy atom. The van der Waals surface area contributed by atoms with Crippen molar-refractivity contribution in [2.24, 2.45) is 197 Å². The average molecular weight is 1390 g/mol. The highest BCUT2D eigenvalue weighted by molar-refractivity contribution is 6.65. The van der Waals surface area contributed by atoms with Gasteiger partial charge in [0, 0.05) is 120 Å². The lowest BCUT2D eigenvalue weighted by Gasteiger charge is -2.94. The zero-order valence-corrected chi connectivity index (χ0v) is 57.7. The Labute approximate surface area is 560 Å². The smallest absolute Gasteiger partial charge is 0.319 e. The lowest BCUT2D eigenvalue weighted by Crippen LogP contribution is -3.08. The van der Waals surface area contributed by atoms with Crippen LogP contribution in [0, 0.1) is 257 Å². The molecule has 35 unspecified atom stereocenters. The third-order valence-electron chi connectivity index (χ3n) is 36.9. The number of nitro groups is 6. The maximum absolute atomic E-state index is 12.0. The number of hydrogen-bond acceptors (Lipinski definition) is 17. The predicted octanol–water partition coefficient (Wildman–Crippen LogP) is 8.18. The molecule has 0 aliphatic heterocycles. The molecule has 4 N–H and O–H groups in total. The fourth-order valence-corrected chi connectivity index (χ4v) is 38.9. The van der Waals surface area contributed by atoms with Crippen LogP contribution in [0.2, 0.25) is 0 Å². The van der Waals surface area contributed by atoms with Gasteiger partial charge in [-0.05, 0) is 135 Å². The van der Waals surface area contributed by atoms with E-state index in [1.54, 1.807) is 0 Å². The lowest BCUT2D eigenvalue weighted by atomic mass is 9.06. The van der Waals surface area contributed by atoms with Crippen LogP contribution in [0.5, 0.6) is 0 Å². The molecule has 0 bridgehead atoms. The second-order valence-electron chi connectivity index (χ2n) is 38.0. The van der Waals surface area contributed by atoms with Crippen LogP contribution in [-0.2, 0) is 19.1 Å². The summed E-state index contributed by atoms with van der Waals surface area (Å²) in [5.74, 6) is 6.39. The Bertz CT molecular complexity index is 3720. The minimum Gasteiger partial charge on any atom is -0.481 e. The highest BCUT2D eigenvalue weighted by Gasteiger charge is 3.13. The number of aliphatic hydroxyl groups is 1. The standard InChI is InChI=1S/C12H15NO4.C11H12ClNO3.C11H13NO4.C10H11Cl2NO2.C10H12ClNO2.C10H13NO2.CH4O.H2O/c1-10(2)6-5-4-11(9(14)17-3)8(10)7(6)12(5,11)13(15)16;1-9(2)5-4-3-10(8(12)14)7(9)6(5)11(4,10)13(15)16;1-9(2)5-4-3-10(8(13)14)7(9)6(5)11(4,10)12(15)16;1-8(2)3-4-6(8)9(12)7(11)5(3)10(4,9)13(14)15;1-8(2)5-4-3-9(11)7(8)6(5)10(4,9)12(13)14;1-9(2)7-4-3-5-6(4)10(7,8(5)9)11(12)13;1-2;/h5-8H,4H2,1-3H3;4-7H,3H2,1-2H3;4-7H,3H2,1-2H3,(H,13,14);3-7H,1-2H3;4-7H,3H2,1-2H3;4-8H,3H2,1-2H3;2H,1H3;1H2. The normalized spacial score (nSPS) is 62.5. The van der Waals surface area contributed by atoms with Crippen LogP contribution in [0.3, 0.4) is 0 Å². The quantitative estimate of drug-likeness (QED) is 0.0722. The number of esters is 1. The van der Waals surface area contributed by atoms with Crippen molar-refractivity contribution in [1.82, 2.24) is 0 Å². The molecule has 24 aliphatic carbocycles. The Morgan fingerprint density at radius 3 is 1.11 bits per heavy atom. The predicted molar refractivity (Wildman–Crippen MR) is 328 cm³/mol. The molecule has 514 valence electrons. The summed E-state index contributed by atoms with van der Waals surface area (Å²) >= 11 is 24.8. The van der Waals surface area contributed by atoms with Crippen molar-refractivity contribution in [3.63, 3.8) is 0 Å². The number of carboxylic acid groups (broad SMARTS) is 1. The summed E-state index contributed by atoms with van der Waals surface area (Å²) in [6.45, 7) is 26.0. The molecule has 94 heavy (non-hydrogen) atoms. The number of fused-ring (bicyclic) bond motifs is 12. The first kappa shape index (κ1) is 63.5. The van der Waals surface area contributed by atoms with E-state index in [0.29, 0.717) is 84.4 Å². The van der Waals surface area contributed by atoms with Crippen LogP contribution < -0.4 is 0 Å². The summed E-state index contributed by atoms with van der Waals surface area (Å²) in [4.78, 5) is 100. The van der Waals surface area contributed by atoms with Crippen LogP contribution >= 0.6 is 46.4 Å². The molecule has 0 heterocycles. The number of carboxylic acids is 1. The lowest BCUT2D eigenvalue weighted by molar-refractivity contribution is -0.742. The summed E-state index contributed by atoms with van der Waals surface area (Å²) in [5, 5.41) is 83.0. The topological polar surface area (TPSA) is 391 Å². The van der Waals surface area contributed by atoms with Gasteiger partial charge >= 0.3 is 11.9 Å². The van der Waals surface area contributed by atoms with Crippen molar-refractivity contribution in [3.8, 4) is 0 Å². The van der Waals surface area contributed by atoms with Gasteiger partial charge in [0.25, 0.3) is 5.54 Å². The molecule has 0 aromatic carbocycles. The minimum absolute atomic E-state index is 0. The molecule has 24 saturated carbocycles. The molecular formula is C65H82Cl4N6O19. The van der Waals surface area contributed by atoms with Crippen molar-refractivity contribution in [1.29, 1.82) is 0 Å². The Hall–Kier alpha value is -3.91. The van der Waals surface area contributed by atoms with Gasteiger partial charge in [0.1, 0.15) is 26.0 Å². The van der Waals surface area contributed by atoms with Crippen molar-refractivity contribution in [3.05, 3.63) is 60.7 Å². The molecule has 24 rings (SSSR count). The Morgan fingerprint density at radius 2 is 0.766 bits per heavy atom. The fourth-order valence-electron chi connectivity index (χ4n) is 36.1. The fraction of sp³-hybridized carbons (Fsp3) is 0.954. The number of carbonyl (C=O) groups is 3. The van der Waals surface area contributed by atoms with Crippen molar-refractivity contribution < 1.29 is 64.3 Å². The van der Waals surface area contributed by atoms with Crippen LogP contribution in [0.4, 0.5) is 0 Å². The molecule has 0 aromatic rings. The molecule has 35 atom stereocenters. The Kier molecular flexibility index (Phi) is 10.7. The molecule has 0 radical (unpaired) electrons. The van der Waals surface area contributed by atoms with Gasteiger partial charge in [0.15, 0.2) is 0 Å². The molecule has 0 aromatic heterocycles. The number of nitrogens with zero attached hydrogens (tertiary/aromatic N) is 6. The number of methoxy groups -OCH3 is 1. The monoisotopic (exact) mass is 1390 g/mol. The second kappa shape index (κ2) is 15.8. The van der Waals surface area contributed by atoms with Crippen molar-refractivity contribution >= 4 is 63.6 Å². The van der Waals surface area contributed by atoms with E-state index in [4.69, 9.17) is 56.2 Å². The van der Waals surface area contributed by atoms with Gasteiger partial charge in [0.05, 0.1) is 18.4 Å². The van der Waals surface area contributed by atoms with Crippen LogP contribution in [0.15, 0.2) is 0 Å². The number of alkyl halides is 3. The van der Waals surface area contributed by atoms with Gasteiger partial charge in [-0.3, -0.25) is 75.1 Å². The van der Waals surface area contributed by atoms with Gasteiger partial charge < -0.3 is 20.4 Å². The molecule has 25 nitrogen and oxygen atoms in total. The minimum atomic E-state index is -1.07. The van der Waals surface area contributed by atoms with Gasteiger partial charge in [0.2, 0.25) is 32.9 Å². The zero-order chi connectivity index (χ0) is 67.9. The highest BCUT2D eigenvalue weighted by Crippen LogP contribution is 3.02. The van der Waals surface area contributed by atoms with Gasteiger partial charge in [-0.1, -0.05) is 83.1 Å². The van der Waals surface area contributed by atoms with E-state index in [1.807, 2.05) is 0 Å². The van der Waals surface area contributed by atoms with Crippen molar-refractivity contribution in [2.75, 3.05) is 14.2 Å². The van der Waals surface area contributed by atoms with Crippen LogP contribution in [0.25, 0.3) is 0 Å². The first-order valence-electron chi connectivity index (χ1n) is 33.7. The van der Waals surface area contributed by atoms with Crippen molar-refractivity contribution in [2.45, 2.75) is 164 Å². The molecule has 0 saturated heterocycles. The summed E-state index contributed by atoms with van der Waals surface area (Å²) in [6, 6.07) is 0. The number of aliphatic carboxylic acids is 1. The van der Waals surface area contributed by atoms with E-state index in [0.717, 1.165) is 25.4 Å². The number of ether oxygens (including phenoxy) is 1. The second-order valence-corrected chi connectivity index (χ2v) is 40.1. The van der Waals surface area contributed by atoms with E-state index in [-0.39, 0.29) is 150 Å². The number of hydrogen-bond donors (Lipinski definition) is 2. The third kappa shape index (κ3) is 4.46. The van der Waals surface area contributed by atoms with Crippen LogP contribution in [0.1, 0.15) is 115 Å². The molecule has 24 fully saturated rings. The molecule has 0 amide bonds. The molecule has 29 heteroatoms. The van der Waals surface area contributed by atoms with Gasteiger partial charge in [-0.25, -0.2) is 0 Å². The zero-order valence-electron chi connectivity index (χ0n) is 54.7. The maximum atomic E-state index is 12.0. The average Bonchev–Trinajstić information content (AvgIpc) is 0.597. The summed E-state index contributed by atoms with van der Waals surface area (Å²) in [5.41, 5.74) is -6.62. The number of halogens is 4. The summed E-state index contributed by atoms with van der Waals surface area (Å²) in [6.07, 6.45) is 4.07. The first-order valence-corrected chi connectivity index (χ1v) is 35.3. The molecule has 0 spiro atoms.